The van der Waals surface area contributed by atoms with Gasteiger partial charge in [0.2, 0.25) is 0 Å². The molecule has 2 rings (SSSR count). The highest BCUT2D eigenvalue weighted by Crippen LogP contribution is 2.14. The molecule has 2 heterocycles. The standard InChI is InChI=1S/C15H24N4O/c1-3-7-18-8-10-19(11-9-18)14-6-5-13(12-17-14)15(20)16-4-2/h5-6,12H,3-4,7-11H2,1-2H3,(H,16,20). The van der Waals surface area contributed by atoms with Gasteiger partial charge in [0.15, 0.2) is 0 Å². The molecule has 0 atom stereocenters. The van der Waals surface area contributed by atoms with Crippen molar-refractivity contribution in [1.29, 1.82) is 0 Å². The second kappa shape index (κ2) is 7.24. The first-order chi connectivity index (χ1) is 9.74. The fraction of sp³-hybridized carbons (Fsp3) is 0.600. The van der Waals surface area contributed by atoms with Crippen LogP contribution in [-0.2, 0) is 0 Å². The predicted molar refractivity (Wildman–Crippen MR) is 81.2 cm³/mol. The second-order valence-electron chi connectivity index (χ2n) is 5.09. The first-order valence-electron chi connectivity index (χ1n) is 7.46. The molecule has 1 fully saturated rings. The van der Waals surface area contributed by atoms with E-state index >= 15 is 0 Å². The van der Waals surface area contributed by atoms with E-state index in [2.05, 4.69) is 27.0 Å². The number of hydrogen-bond acceptors (Lipinski definition) is 4. The van der Waals surface area contributed by atoms with Crippen molar-refractivity contribution in [3.05, 3.63) is 23.9 Å². The molecule has 1 saturated heterocycles. The molecule has 0 unspecified atom stereocenters. The van der Waals surface area contributed by atoms with Gasteiger partial charge in [-0.25, -0.2) is 4.98 Å². The summed E-state index contributed by atoms with van der Waals surface area (Å²) < 4.78 is 0. The van der Waals surface area contributed by atoms with Crippen molar-refractivity contribution in [3.63, 3.8) is 0 Å². The van der Waals surface area contributed by atoms with Crippen LogP contribution in [0.4, 0.5) is 5.82 Å². The zero-order chi connectivity index (χ0) is 14.4. The lowest BCUT2D eigenvalue weighted by Gasteiger charge is -2.35. The van der Waals surface area contributed by atoms with Crippen molar-refractivity contribution in [3.8, 4) is 0 Å². The SMILES string of the molecule is CCCN1CCN(c2ccc(C(=O)NCC)cn2)CC1. The molecule has 1 amide bonds. The van der Waals surface area contributed by atoms with Gasteiger partial charge in [0.05, 0.1) is 5.56 Å². The zero-order valence-corrected chi connectivity index (χ0v) is 12.4. The Balaban J connectivity index is 1.92. The molecule has 0 aliphatic carbocycles. The van der Waals surface area contributed by atoms with Crippen LogP contribution in [0.2, 0.25) is 0 Å². The summed E-state index contributed by atoms with van der Waals surface area (Å²) in [5.74, 6) is 0.911. The minimum atomic E-state index is -0.0562. The molecule has 1 aliphatic heterocycles. The number of carbonyl (C=O) groups excluding carboxylic acids is 1. The number of nitrogens with zero attached hydrogens (tertiary/aromatic N) is 3. The third kappa shape index (κ3) is 3.70. The fourth-order valence-electron chi connectivity index (χ4n) is 2.49. The highest BCUT2D eigenvalue weighted by molar-refractivity contribution is 5.93. The molecule has 5 heteroatoms. The normalized spacial score (nSPS) is 16.2. The second-order valence-corrected chi connectivity index (χ2v) is 5.09. The lowest BCUT2D eigenvalue weighted by Crippen LogP contribution is -2.46. The zero-order valence-electron chi connectivity index (χ0n) is 12.4. The number of anilines is 1. The van der Waals surface area contributed by atoms with Gasteiger partial charge in [-0.2, -0.15) is 0 Å². The van der Waals surface area contributed by atoms with E-state index in [1.807, 2.05) is 19.1 Å². The Hall–Kier alpha value is -1.62. The maximum absolute atomic E-state index is 11.7. The first kappa shape index (κ1) is 14.8. The molecule has 0 bridgehead atoms. The van der Waals surface area contributed by atoms with Crippen molar-refractivity contribution < 1.29 is 4.79 Å². The number of piperazine rings is 1. The van der Waals surface area contributed by atoms with Gasteiger partial charge in [-0.05, 0) is 32.0 Å². The van der Waals surface area contributed by atoms with E-state index in [9.17, 15) is 4.79 Å². The Morgan fingerprint density at radius 2 is 2.00 bits per heavy atom. The van der Waals surface area contributed by atoms with Gasteiger partial charge < -0.3 is 10.2 Å². The van der Waals surface area contributed by atoms with Crippen LogP contribution < -0.4 is 10.2 Å². The highest BCUT2D eigenvalue weighted by atomic mass is 16.1. The van der Waals surface area contributed by atoms with E-state index in [0.29, 0.717) is 12.1 Å². The summed E-state index contributed by atoms with van der Waals surface area (Å²) in [7, 11) is 0. The molecule has 1 aromatic rings. The monoisotopic (exact) mass is 276 g/mol. The quantitative estimate of drug-likeness (QED) is 0.882. The number of hydrogen-bond donors (Lipinski definition) is 1. The summed E-state index contributed by atoms with van der Waals surface area (Å²) in [5, 5.41) is 2.78. The molecular weight excluding hydrogens is 252 g/mol. The maximum atomic E-state index is 11.7. The Bertz CT molecular complexity index is 424. The Labute approximate surface area is 121 Å². The van der Waals surface area contributed by atoms with Crippen LogP contribution in [0, 0.1) is 0 Å². The lowest BCUT2D eigenvalue weighted by molar-refractivity contribution is 0.0955. The van der Waals surface area contributed by atoms with Crippen LogP contribution in [0.25, 0.3) is 0 Å². The third-order valence-electron chi connectivity index (χ3n) is 3.58. The molecule has 1 aliphatic rings. The molecule has 0 aromatic carbocycles. The maximum Gasteiger partial charge on any atom is 0.252 e. The summed E-state index contributed by atoms with van der Waals surface area (Å²) in [5.41, 5.74) is 0.625. The van der Waals surface area contributed by atoms with E-state index in [1.165, 1.54) is 13.0 Å². The molecule has 20 heavy (non-hydrogen) atoms. The van der Waals surface area contributed by atoms with Crippen LogP contribution in [-0.4, -0.2) is 55.1 Å². The van der Waals surface area contributed by atoms with Gasteiger partial charge in [0.1, 0.15) is 5.82 Å². The predicted octanol–water partition coefficient (Wildman–Crippen LogP) is 1.36. The van der Waals surface area contributed by atoms with E-state index in [-0.39, 0.29) is 5.91 Å². The van der Waals surface area contributed by atoms with Gasteiger partial charge in [-0.1, -0.05) is 6.92 Å². The van der Waals surface area contributed by atoms with Crippen molar-refractivity contribution in [2.45, 2.75) is 20.3 Å². The van der Waals surface area contributed by atoms with Crippen molar-refractivity contribution in [2.75, 3.05) is 44.2 Å². The van der Waals surface area contributed by atoms with E-state index in [1.54, 1.807) is 6.20 Å². The molecule has 0 radical (unpaired) electrons. The summed E-state index contributed by atoms with van der Waals surface area (Å²) in [6, 6.07) is 3.80. The largest absolute Gasteiger partial charge is 0.354 e. The average molecular weight is 276 g/mol. The van der Waals surface area contributed by atoms with Gasteiger partial charge in [-0.15, -0.1) is 0 Å². The first-order valence-corrected chi connectivity index (χ1v) is 7.46. The lowest BCUT2D eigenvalue weighted by atomic mass is 10.2. The van der Waals surface area contributed by atoms with E-state index in [0.717, 1.165) is 32.0 Å². The topological polar surface area (TPSA) is 48.5 Å². The number of aromatic nitrogens is 1. The Morgan fingerprint density at radius 3 is 2.55 bits per heavy atom. The minimum absolute atomic E-state index is 0.0562. The molecular formula is C15H24N4O. The van der Waals surface area contributed by atoms with Gasteiger partial charge >= 0.3 is 0 Å². The van der Waals surface area contributed by atoms with Crippen LogP contribution >= 0.6 is 0 Å². The highest BCUT2D eigenvalue weighted by Gasteiger charge is 2.17. The van der Waals surface area contributed by atoms with Crippen LogP contribution in [0.15, 0.2) is 18.3 Å². The Kier molecular flexibility index (Phi) is 5.35. The van der Waals surface area contributed by atoms with Crippen molar-refractivity contribution in [2.24, 2.45) is 0 Å². The van der Waals surface area contributed by atoms with Crippen LogP contribution in [0.3, 0.4) is 0 Å². The van der Waals surface area contributed by atoms with Gasteiger partial charge in [0.25, 0.3) is 5.91 Å². The Morgan fingerprint density at radius 1 is 1.25 bits per heavy atom. The number of amides is 1. The smallest absolute Gasteiger partial charge is 0.252 e. The molecule has 1 N–H and O–H groups in total. The van der Waals surface area contributed by atoms with Gasteiger partial charge in [-0.3, -0.25) is 9.69 Å². The minimum Gasteiger partial charge on any atom is -0.354 e. The van der Waals surface area contributed by atoms with Gasteiger partial charge in [0, 0.05) is 38.9 Å². The number of nitrogens with one attached hydrogen (secondary N) is 1. The van der Waals surface area contributed by atoms with Crippen molar-refractivity contribution in [1.82, 2.24) is 15.2 Å². The summed E-state index contributed by atoms with van der Waals surface area (Å²) in [4.78, 5) is 20.9. The average Bonchev–Trinajstić information content (AvgIpc) is 2.49. The van der Waals surface area contributed by atoms with E-state index in [4.69, 9.17) is 0 Å². The summed E-state index contributed by atoms with van der Waals surface area (Å²) >= 11 is 0. The molecule has 0 saturated carbocycles. The molecule has 0 spiro atoms. The number of rotatable bonds is 5. The fourth-order valence-corrected chi connectivity index (χ4v) is 2.49. The number of carbonyl (C=O) groups is 1. The summed E-state index contributed by atoms with van der Waals surface area (Å²) in [6.07, 6.45) is 2.87. The number of pyridine rings is 1. The van der Waals surface area contributed by atoms with E-state index < -0.39 is 0 Å². The molecule has 110 valence electrons. The van der Waals surface area contributed by atoms with Crippen LogP contribution in [0.1, 0.15) is 30.6 Å². The van der Waals surface area contributed by atoms with Crippen molar-refractivity contribution >= 4 is 11.7 Å². The molecule has 1 aromatic heterocycles. The third-order valence-corrected chi connectivity index (χ3v) is 3.58. The summed E-state index contributed by atoms with van der Waals surface area (Å²) in [6.45, 7) is 10.1. The van der Waals surface area contributed by atoms with Crippen LogP contribution in [0.5, 0.6) is 0 Å². The molecule has 5 nitrogen and oxygen atoms in total.